The number of carbonyl (C=O) groups is 1. The number of hydrogen-bond donors (Lipinski definition) is 0. The van der Waals surface area contributed by atoms with E-state index in [9.17, 15) is 4.79 Å². The van der Waals surface area contributed by atoms with Crippen LogP contribution in [0.5, 0.6) is 0 Å². The van der Waals surface area contributed by atoms with E-state index in [-0.39, 0.29) is 17.1 Å². The fourth-order valence-electron chi connectivity index (χ4n) is 1.70. The minimum absolute atomic E-state index is 0.0397. The molecule has 68 valence electrons. The number of halogens is 1. The molecule has 0 heterocycles. The molecular weight excluding hydrogens is 172 g/mol. The standard InChI is InChI=1S/C10H15ClO/c1-7(2)10(12)8-5-3-4-6-9(8)11/h8-9H,1,3-6H2,2H3. The Kier molecular flexibility index (Phi) is 3.33. The van der Waals surface area contributed by atoms with Gasteiger partial charge in [-0.05, 0) is 25.3 Å². The van der Waals surface area contributed by atoms with Crippen LogP contribution < -0.4 is 0 Å². The lowest BCUT2D eigenvalue weighted by molar-refractivity contribution is -0.119. The Morgan fingerprint density at radius 3 is 2.50 bits per heavy atom. The molecule has 0 aromatic heterocycles. The number of ketones is 1. The molecule has 1 nitrogen and oxygen atoms in total. The fourth-order valence-corrected chi connectivity index (χ4v) is 2.09. The zero-order chi connectivity index (χ0) is 9.14. The average Bonchev–Trinajstić information content (AvgIpc) is 2.04. The Balaban J connectivity index is 2.59. The van der Waals surface area contributed by atoms with Crippen LogP contribution in [0.2, 0.25) is 0 Å². The smallest absolute Gasteiger partial charge is 0.162 e. The Hall–Kier alpha value is -0.300. The summed E-state index contributed by atoms with van der Waals surface area (Å²) in [4.78, 5) is 11.5. The van der Waals surface area contributed by atoms with E-state index in [0.29, 0.717) is 5.57 Å². The van der Waals surface area contributed by atoms with Crippen LogP contribution >= 0.6 is 11.6 Å². The van der Waals surface area contributed by atoms with Crippen LogP contribution in [0.4, 0.5) is 0 Å². The van der Waals surface area contributed by atoms with Crippen molar-refractivity contribution in [2.24, 2.45) is 5.92 Å². The van der Waals surface area contributed by atoms with Crippen molar-refractivity contribution in [3.05, 3.63) is 12.2 Å². The summed E-state index contributed by atoms with van der Waals surface area (Å²) in [5.74, 6) is 0.201. The average molecular weight is 187 g/mol. The third-order valence-electron chi connectivity index (χ3n) is 2.44. The summed E-state index contributed by atoms with van der Waals surface area (Å²) >= 11 is 6.06. The highest BCUT2D eigenvalue weighted by molar-refractivity contribution is 6.22. The normalized spacial score (nSPS) is 29.8. The van der Waals surface area contributed by atoms with Crippen molar-refractivity contribution in [2.45, 2.75) is 38.0 Å². The summed E-state index contributed by atoms with van der Waals surface area (Å²) in [6.07, 6.45) is 4.21. The summed E-state index contributed by atoms with van der Waals surface area (Å²) in [7, 11) is 0. The van der Waals surface area contributed by atoms with Gasteiger partial charge in [-0.3, -0.25) is 4.79 Å². The van der Waals surface area contributed by atoms with Crippen molar-refractivity contribution in [1.82, 2.24) is 0 Å². The summed E-state index contributed by atoms with van der Waals surface area (Å²) < 4.78 is 0. The number of rotatable bonds is 2. The molecule has 2 unspecified atom stereocenters. The van der Waals surface area contributed by atoms with Gasteiger partial charge in [-0.2, -0.15) is 0 Å². The number of Topliss-reactive ketones (excluding diaryl/α,β-unsaturated/α-hetero) is 1. The molecule has 2 heteroatoms. The monoisotopic (exact) mass is 186 g/mol. The zero-order valence-corrected chi connectivity index (χ0v) is 8.23. The molecule has 0 aliphatic heterocycles. The molecule has 1 rings (SSSR count). The third-order valence-corrected chi connectivity index (χ3v) is 2.96. The van der Waals surface area contributed by atoms with Gasteiger partial charge in [0, 0.05) is 11.3 Å². The highest BCUT2D eigenvalue weighted by Crippen LogP contribution is 2.30. The Labute approximate surface area is 78.8 Å². The molecule has 0 aromatic carbocycles. The highest BCUT2D eigenvalue weighted by atomic mass is 35.5. The molecule has 1 aliphatic rings. The van der Waals surface area contributed by atoms with Crippen LogP contribution in [0.15, 0.2) is 12.2 Å². The van der Waals surface area contributed by atoms with Gasteiger partial charge in [0.25, 0.3) is 0 Å². The van der Waals surface area contributed by atoms with Crippen LogP contribution in [0.1, 0.15) is 32.6 Å². The van der Waals surface area contributed by atoms with E-state index < -0.39 is 0 Å². The number of hydrogen-bond acceptors (Lipinski definition) is 1. The predicted octanol–water partition coefficient (Wildman–Crippen LogP) is 2.93. The quantitative estimate of drug-likeness (QED) is 0.479. The second-order valence-corrected chi connectivity index (χ2v) is 4.11. The van der Waals surface area contributed by atoms with Gasteiger partial charge in [0.15, 0.2) is 5.78 Å². The van der Waals surface area contributed by atoms with Gasteiger partial charge in [-0.25, -0.2) is 0 Å². The second kappa shape index (κ2) is 4.08. The van der Waals surface area contributed by atoms with E-state index in [1.165, 1.54) is 0 Å². The van der Waals surface area contributed by atoms with Gasteiger partial charge in [-0.1, -0.05) is 19.4 Å². The summed E-state index contributed by atoms with van der Waals surface area (Å²) in [6, 6.07) is 0. The van der Waals surface area contributed by atoms with Crippen molar-refractivity contribution in [2.75, 3.05) is 0 Å². The maximum atomic E-state index is 11.5. The first-order chi connectivity index (χ1) is 5.63. The van der Waals surface area contributed by atoms with Gasteiger partial charge < -0.3 is 0 Å². The molecule has 0 bridgehead atoms. The van der Waals surface area contributed by atoms with E-state index in [4.69, 9.17) is 11.6 Å². The number of carbonyl (C=O) groups excluding carboxylic acids is 1. The van der Waals surface area contributed by atoms with Crippen LogP contribution in [0.25, 0.3) is 0 Å². The number of alkyl halides is 1. The molecular formula is C10H15ClO. The summed E-state index contributed by atoms with van der Waals surface area (Å²) in [5, 5.41) is 0.0444. The molecule has 0 aromatic rings. The maximum Gasteiger partial charge on any atom is 0.162 e. The molecule has 2 atom stereocenters. The minimum Gasteiger partial charge on any atom is -0.294 e. The van der Waals surface area contributed by atoms with E-state index in [1.807, 2.05) is 0 Å². The van der Waals surface area contributed by atoms with Gasteiger partial charge in [0.2, 0.25) is 0 Å². The minimum atomic E-state index is 0.0397. The molecule has 0 saturated heterocycles. The molecule has 0 spiro atoms. The molecule has 1 saturated carbocycles. The van der Waals surface area contributed by atoms with Crippen LogP contribution in [-0.4, -0.2) is 11.2 Å². The Morgan fingerprint density at radius 2 is 2.00 bits per heavy atom. The lowest BCUT2D eigenvalue weighted by atomic mass is 9.84. The summed E-state index contributed by atoms with van der Waals surface area (Å²) in [6.45, 7) is 5.42. The van der Waals surface area contributed by atoms with E-state index in [0.717, 1.165) is 25.7 Å². The van der Waals surface area contributed by atoms with Crippen molar-refractivity contribution >= 4 is 17.4 Å². The predicted molar refractivity (Wildman–Crippen MR) is 51.4 cm³/mol. The molecule has 0 amide bonds. The Morgan fingerprint density at radius 1 is 1.42 bits per heavy atom. The van der Waals surface area contributed by atoms with Gasteiger partial charge >= 0.3 is 0 Å². The zero-order valence-electron chi connectivity index (χ0n) is 7.48. The first-order valence-corrected chi connectivity index (χ1v) is 4.90. The first-order valence-electron chi connectivity index (χ1n) is 4.46. The van der Waals surface area contributed by atoms with Crippen LogP contribution in [0.3, 0.4) is 0 Å². The van der Waals surface area contributed by atoms with Crippen molar-refractivity contribution in [1.29, 1.82) is 0 Å². The lowest BCUT2D eigenvalue weighted by Gasteiger charge is -2.25. The summed E-state index contributed by atoms with van der Waals surface area (Å²) in [5.41, 5.74) is 0.646. The largest absolute Gasteiger partial charge is 0.294 e. The van der Waals surface area contributed by atoms with E-state index in [1.54, 1.807) is 6.92 Å². The van der Waals surface area contributed by atoms with Crippen molar-refractivity contribution in [3.63, 3.8) is 0 Å². The molecule has 1 fully saturated rings. The topological polar surface area (TPSA) is 17.1 Å². The lowest BCUT2D eigenvalue weighted by Crippen LogP contribution is -2.27. The second-order valence-electron chi connectivity index (χ2n) is 3.55. The fraction of sp³-hybridized carbons (Fsp3) is 0.700. The van der Waals surface area contributed by atoms with E-state index >= 15 is 0 Å². The van der Waals surface area contributed by atoms with Gasteiger partial charge in [0.05, 0.1) is 0 Å². The van der Waals surface area contributed by atoms with Crippen molar-refractivity contribution < 1.29 is 4.79 Å². The highest BCUT2D eigenvalue weighted by Gasteiger charge is 2.29. The van der Waals surface area contributed by atoms with E-state index in [2.05, 4.69) is 6.58 Å². The van der Waals surface area contributed by atoms with Crippen LogP contribution in [-0.2, 0) is 4.79 Å². The SMILES string of the molecule is C=C(C)C(=O)C1CCCCC1Cl. The molecule has 1 aliphatic carbocycles. The number of allylic oxidation sites excluding steroid dienone is 1. The Bertz CT molecular complexity index is 198. The molecule has 0 radical (unpaired) electrons. The van der Waals surface area contributed by atoms with Crippen LogP contribution in [0, 0.1) is 5.92 Å². The van der Waals surface area contributed by atoms with Gasteiger partial charge in [-0.15, -0.1) is 11.6 Å². The third kappa shape index (κ3) is 2.10. The molecule has 0 N–H and O–H groups in total. The van der Waals surface area contributed by atoms with Crippen molar-refractivity contribution in [3.8, 4) is 0 Å². The molecule has 12 heavy (non-hydrogen) atoms. The van der Waals surface area contributed by atoms with Gasteiger partial charge in [0.1, 0.15) is 0 Å². The maximum absolute atomic E-state index is 11.5. The first kappa shape index (κ1) is 9.79.